The molecule has 0 aliphatic heterocycles. The van der Waals surface area contributed by atoms with Gasteiger partial charge in [-0.15, -0.1) is 0 Å². The number of carbonyl (C=O) groups excluding carboxylic acids is 2. The maximum Gasteiger partial charge on any atom is 0.303 e. The van der Waals surface area contributed by atoms with Gasteiger partial charge in [-0.25, -0.2) is 0 Å². The summed E-state index contributed by atoms with van der Waals surface area (Å²) in [5.74, 6) is 0.335. The molecule has 0 saturated heterocycles. The van der Waals surface area contributed by atoms with Gasteiger partial charge in [-0.2, -0.15) is 0 Å². The van der Waals surface area contributed by atoms with Crippen molar-refractivity contribution in [3.8, 4) is 0 Å². The van der Waals surface area contributed by atoms with E-state index in [4.69, 9.17) is 4.74 Å². The molecule has 3 aliphatic rings. The van der Waals surface area contributed by atoms with Crippen LogP contribution in [0, 0.1) is 28.1 Å². The average molecular weight is 513 g/mol. The lowest BCUT2D eigenvalue weighted by Gasteiger charge is -2.62. The molecule has 5 nitrogen and oxygen atoms in total. The van der Waals surface area contributed by atoms with Crippen LogP contribution in [0.25, 0.3) is 0 Å². The molecule has 3 fully saturated rings. The summed E-state index contributed by atoms with van der Waals surface area (Å²) in [6, 6.07) is 0. The number of aliphatic hydroxyl groups excluding tert-OH is 2. The minimum atomic E-state index is -0.523. The van der Waals surface area contributed by atoms with Gasteiger partial charge in [0.25, 0.3) is 0 Å². The maximum absolute atomic E-state index is 13.5. The Balaban J connectivity index is 1.89. The van der Waals surface area contributed by atoms with Crippen LogP contribution in [0.3, 0.4) is 0 Å². The molecule has 0 amide bonds. The molecule has 3 aliphatic carbocycles. The fourth-order valence-corrected chi connectivity index (χ4v) is 8.01. The van der Waals surface area contributed by atoms with E-state index in [1.54, 1.807) is 0 Å². The highest BCUT2D eigenvalue weighted by molar-refractivity contribution is 6.00. The molecule has 0 heterocycles. The SMILES string of the molecule is CC(=O)O[C@@H](CC=C(C)C)/C(C)=C/C=C/C(C)=C1\C(=O)C[C@H]2[C@@]3(C)CC[C@H](O)[C@](C)(CO)[C@@H]3CC[C@]12C. The van der Waals surface area contributed by atoms with Crippen molar-refractivity contribution in [2.75, 3.05) is 6.61 Å². The van der Waals surface area contributed by atoms with Crippen LogP contribution in [-0.2, 0) is 14.3 Å². The Hall–Kier alpha value is -1.98. The number of aliphatic hydroxyl groups is 2. The third kappa shape index (κ3) is 5.45. The molecular formula is C32H48O5. The predicted molar refractivity (Wildman–Crippen MR) is 148 cm³/mol. The van der Waals surface area contributed by atoms with E-state index in [1.807, 2.05) is 52.8 Å². The Morgan fingerprint density at radius 2 is 1.76 bits per heavy atom. The number of esters is 1. The lowest BCUT2D eigenvalue weighted by molar-refractivity contribution is -0.178. The molecule has 0 aromatic heterocycles. The van der Waals surface area contributed by atoms with Crippen LogP contribution >= 0.6 is 0 Å². The Bertz CT molecular complexity index is 1030. The summed E-state index contributed by atoms with van der Waals surface area (Å²) in [6.07, 6.45) is 11.7. The van der Waals surface area contributed by atoms with Crippen LogP contribution in [0.5, 0.6) is 0 Å². The summed E-state index contributed by atoms with van der Waals surface area (Å²) in [6.45, 7) is 16.0. The quantitative estimate of drug-likeness (QED) is 0.182. The van der Waals surface area contributed by atoms with E-state index < -0.39 is 11.5 Å². The molecule has 5 heteroatoms. The molecule has 0 radical (unpaired) electrons. The molecule has 206 valence electrons. The Kier molecular flexibility index (Phi) is 8.81. The van der Waals surface area contributed by atoms with Crippen molar-refractivity contribution in [1.29, 1.82) is 0 Å². The number of hydrogen-bond acceptors (Lipinski definition) is 5. The molecule has 0 aromatic carbocycles. The Morgan fingerprint density at radius 1 is 1.08 bits per heavy atom. The van der Waals surface area contributed by atoms with E-state index in [2.05, 4.69) is 19.9 Å². The number of allylic oxidation sites excluding steroid dienone is 6. The summed E-state index contributed by atoms with van der Waals surface area (Å²) < 4.78 is 5.53. The van der Waals surface area contributed by atoms with E-state index in [1.165, 1.54) is 12.5 Å². The van der Waals surface area contributed by atoms with Gasteiger partial charge in [0.1, 0.15) is 6.10 Å². The standard InChI is InChI=1S/C32H48O5/c1-20(2)12-13-25(37-23(5)34)21(3)10-9-11-22(4)29-24(35)18-27-30(6)17-15-28(36)32(8,19-33)26(30)14-16-31(27,29)7/h9-12,25-28,33,36H,13-19H2,1-8H3/b11-9+,21-10+,29-22+/t25-,26+,27-,28-,30-,31-,32+/m0/s1. The number of ketones is 1. The van der Waals surface area contributed by atoms with Crippen molar-refractivity contribution >= 4 is 11.8 Å². The lowest BCUT2D eigenvalue weighted by atomic mass is 9.43. The largest absolute Gasteiger partial charge is 0.458 e. The normalized spacial score (nSPS) is 38.2. The number of ether oxygens (including phenoxy) is 1. The number of Topliss-reactive ketones (excluding diaryl/α,β-unsaturated/α-hetero) is 1. The lowest BCUT2D eigenvalue weighted by Crippen LogP contribution is -2.59. The number of hydrogen-bond donors (Lipinski definition) is 2. The molecule has 0 unspecified atom stereocenters. The fourth-order valence-electron chi connectivity index (χ4n) is 8.01. The molecule has 3 rings (SSSR count). The van der Waals surface area contributed by atoms with Crippen molar-refractivity contribution in [2.24, 2.45) is 28.1 Å². The van der Waals surface area contributed by atoms with Crippen molar-refractivity contribution in [2.45, 2.75) is 106 Å². The van der Waals surface area contributed by atoms with Gasteiger partial charge in [0.15, 0.2) is 5.78 Å². The molecule has 2 N–H and O–H groups in total. The van der Waals surface area contributed by atoms with Gasteiger partial charge in [-0.1, -0.05) is 50.6 Å². The fraction of sp³-hybridized carbons (Fsp3) is 0.688. The monoisotopic (exact) mass is 512 g/mol. The van der Waals surface area contributed by atoms with Gasteiger partial charge in [-0.05, 0) is 81.8 Å². The van der Waals surface area contributed by atoms with Gasteiger partial charge >= 0.3 is 5.97 Å². The second-order valence-electron chi connectivity index (χ2n) is 12.9. The Morgan fingerprint density at radius 3 is 2.35 bits per heavy atom. The van der Waals surface area contributed by atoms with Crippen molar-refractivity contribution < 1.29 is 24.5 Å². The molecule has 0 bridgehead atoms. The van der Waals surface area contributed by atoms with Gasteiger partial charge < -0.3 is 14.9 Å². The van der Waals surface area contributed by atoms with Crippen LogP contribution < -0.4 is 0 Å². The number of fused-ring (bicyclic) bond motifs is 3. The molecule has 0 aromatic rings. The van der Waals surface area contributed by atoms with E-state index in [9.17, 15) is 19.8 Å². The first-order chi connectivity index (χ1) is 17.2. The zero-order valence-electron chi connectivity index (χ0n) is 24.2. The molecule has 3 saturated carbocycles. The topological polar surface area (TPSA) is 83.8 Å². The third-order valence-corrected chi connectivity index (χ3v) is 10.1. The van der Waals surface area contributed by atoms with Crippen LogP contribution in [0.2, 0.25) is 0 Å². The van der Waals surface area contributed by atoms with Gasteiger partial charge in [0.2, 0.25) is 0 Å². The molecule has 7 atom stereocenters. The van der Waals surface area contributed by atoms with Crippen molar-refractivity contribution in [3.63, 3.8) is 0 Å². The first-order valence-corrected chi connectivity index (χ1v) is 13.9. The molecule has 0 spiro atoms. The van der Waals surface area contributed by atoms with Crippen LogP contribution in [-0.4, -0.2) is 40.8 Å². The first-order valence-electron chi connectivity index (χ1n) is 13.9. The second kappa shape index (κ2) is 11.0. The third-order valence-electron chi connectivity index (χ3n) is 10.1. The summed E-state index contributed by atoms with van der Waals surface area (Å²) in [5.41, 5.74) is 3.25. The van der Waals surface area contributed by atoms with Crippen LogP contribution in [0.15, 0.2) is 46.6 Å². The smallest absolute Gasteiger partial charge is 0.303 e. The Labute approximate surface area is 223 Å². The first kappa shape index (κ1) is 29.6. The highest BCUT2D eigenvalue weighted by Crippen LogP contribution is 2.69. The number of rotatable bonds is 7. The molecular weight excluding hydrogens is 464 g/mol. The minimum absolute atomic E-state index is 0.0239. The van der Waals surface area contributed by atoms with Crippen molar-refractivity contribution in [3.05, 3.63) is 46.6 Å². The molecule has 37 heavy (non-hydrogen) atoms. The highest BCUT2D eigenvalue weighted by Gasteiger charge is 2.65. The zero-order chi connectivity index (χ0) is 27.8. The summed E-state index contributed by atoms with van der Waals surface area (Å²) >= 11 is 0. The van der Waals surface area contributed by atoms with Gasteiger partial charge in [0.05, 0.1) is 12.7 Å². The highest BCUT2D eigenvalue weighted by atomic mass is 16.5. The van der Waals surface area contributed by atoms with E-state index in [-0.39, 0.29) is 47.1 Å². The number of carbonyl (C=O) groups is 2. The van der Waals surface area contributed by atoms with E-state index in [0.717, 1.165) is 36.0 Å². The van der Waals surface area contributed by atoms with Gasteiger partial charge in [0, 0.05) is 36.2 Å². The average Bonchev–Trinajstić information content (AvgIpc) is 3.10. The second-order valence-corrected chi connectivity index (χ2v) is 12.9. The summed E-state index contributed by atoms with van der Waals surface area (Å²) in [7, 11) is 0. The summed E-state index contributed by atoms with van der Waals surface area (Å²) in [5, 5.41) is 21.1. The minimum Gasteiger partial charge on any atom is -0.458 e. The predicted octanol–water partition coefficient (Wildman–Crippen LogP) is 6.26. The summed E-state index contributed by atoms with van der Waals surface area (Å²) in [4.78, 5) is 25.1. The zero-order valence-corrected chi connectivity index (χ0v) is 24.2. The maximum atomic E-state index is 13.5. The van der Waals surface area contributed by atoms with E-state index in [0.29, 0.717) is 19.3 Å². The van der Waals surface area contributed by atoms with Crippen LogP contribution in [0.4, 0.5) is 0 Å². The van der Waals surface area contributed by atoms with Gasteiger partial charge in [-0.3, -0.25) is 9.59 Å². The van der Waals surface area contributed by atoms with Crippen molar-refractivity contribution in [1.82, 2.24) is 0 Å². The van der Waals surface area contributed by atoms with E-state index >= 15 is 0 Å². The van der Waals surface area contributed by atoms with Crippen LogP contribution in [0.1, 0.15) is 93.9 Å².